The van der Waals surface area contributed by atoms with Gasteiger partial charge in [0.1, 0.15) is 0 Å². The molecule has 0 heterocycles. The lowest BCUT2D eigenvalue weighted by molar-refractivity contribution is 0.294. The zero-order valence-corrected chi connectivity index (χ0v) is 14.4. The van der Waals surface area contributed by atoms with Crippen LogP contribution in [-0.4, -0.2) is 44.0 Å². The lowest BCUT2D eigenvalue weighted by Gasteiger charge is -2.18. The van der Waals surface area contributed by atoms with Gasteiger partial charge in [0.15, 0.2) is 0 Å². The van der Waals surface area contributed by atoms with Crippen molar-refractivity contribution in [3.63, 3.8) is 0 Å². The summed E-state index contributed by atoms with van der Waals surface area (Å²) in [7, 11) is 6.42. The molecule has 0 spiro atoms. The Morgan fingerprint density at radius 1 is 0.739 bits per heavy atom. The van der Waals surface area contributed by atoms with Crippen molar-refractivity contribution in [2.24, 2.45) is 0 Å². The Bertz CT molecular complexity index is 551. The van der Waals surface area contributed by atoms with Crippen molar-refractivity contribution in [3.05, 3.63) is 60.2 Å². The molecule has 23 heavy (non-hydrogen) atoms. The molecule has 0 saturated heterocycles. The van der Waals surface area contributed by atoms with Crippen LogP contribution in [0.1, 0.15) is 12.0 Å². The van der Waals surface area contributed by atoms with Gasteiger partial charge in [-0.15, -0.1) is 0 Å². The SMILES string of the molecule is CN(C)CCCN(C)Cc1ccc(NNc2ccccc2)cc1. The van der Waals surface area contributed by atoms with Crippen molar-refractivity contribution in [2.75, 3.05) is 45.1 Å². The van der Waals surface area contributed by atoms with Crippen LogP contribution in [0.2, 0.25) is 0 Å². The lowest BCUT2D eigenvalue weighted by atomic mass is 10.2. The fourth-order valence-corrected chi connectivity index (χ4v) is 2.41. The van der Waals surface area contributed by atoms with E-state index in [1.165, 1.54) is 12.0 Å². The second-order valence-corrected chi connectivity index (χ2v) is 6.21. The van der Waals surface area contributed by atoms with Crippen molar-refractivity contribution < 1.29 is 0 Å². The fourth-order valence-electron chi connectivity index (χ4n) is 2.41. The van der Waals surface area contributed by atoms with Gasteiger partial charge in [-0.05, 0) is 70.5 Å². The van der Waals surface area contributed by atoms with Gasteiger partial charge in [-0.25, -0.2) is 0 Å². The molecule has 2 rings (SSSR count). The Labute approximate surface area is 140 Å². The first-order chi connectivity index (χ1) is 11.1. The summed E-state index contributed by atoms with van der Waals surface area (Å²) in [5.74, 6) is 0. The van der Waals surface area contributed by atoms with Gasteiger partial charge in [-0.3, -0.25) is 0 Å². The van der Waals surface area contributed by atoms with E-state index >= 15 is 0 Å². The molecule has 0 fully saturated rings. The van der Waals surface area contributed by atoms with Crippen LogP contribution in [0.5, 0.6) is 0 Å². The molecule has 0 aliphatic rings. The third kappa shape index (κ3) is 6.72. The molecule has 2 N–H and O–H groups in total. The van der Waals surface area contributed by atoms with Crippen LogP contribution in [0.25, 0.3) is 0 Å². The van der Waals surface area contributed by atoms with Gasteiger partial charge >= 0.3 is 0 Å². The van der Waals surface area contributed by atoms with Gasteiger partial charge in [0.05, 0.1) is 11.4 Å². The molecule has 0 saturated carbocycles. The molecule has 0 radical (unpaired) electrons. The molecular weight excluding hydrogens is 284 g/mol. The van der Waals surface area contributed by atoms with Crippen molar-refractivity contribution in [1.29, 1.82) is 0 Å². The van der Waals surface area contributed by atoms with Gasteiger partial charge in [0.2, 0.25) is 0 Å². The van der Waals surface area contributed by atoms with Crippen molar-refractivity contribution >= 4 is 11.4 Å². The van der Waals surface area contributed by atoms with E-state index in [9.17, 15) is 0 Å². The number of benzene rings is 2. The standard InChI is InChI=1S/C19H28N4/c1-22(2)14-7-15-23(3)16-17-10-12-19(13-11-17)21-20-18-8-5-4-6-9-18/h4-6,8-13,20-21H,7,14-16H2,1-3H3. The number of hydrazine groups is 1. The highest BCUT2D eigenvalue weighted by Gasteiger charge is 2.01. The third-order valence-electron chi connectivity index (χ3n) is 3.68. The molecule has 2 aromatic carbocycles. The summed E-state index contributed by atoms with van der Waals surface area (Å²) in [5.41, 5.74) is 9.87. The topological polar surface area (TPSA) is 30.5 Å². The number of nitrogens with one attached hydrogen (secondary N) is 2. The molecule has 2 aromatic rings. The summed E-state index contributed by atoms with van der Waals surface area (Å²) in [4.78, 5) is 4.60. The summed E-state index contributed by atoms with van der Waals surface area (Å²) < 4.78 is 0. The zero-order chi connectivity index (χ0) is 16.5. The Morgan fingerprint density at radius 2 is 1.35 bits per heavy atom. The molecule has 4 heteroatoms. The predicted molar refractivity (Wildman–Crippen MR) is 99.6 cm³/mol. The Balaban J connectivity index is 1.75. The maximum atomic E-state index is 3.22. The molecule has 0 aliphatic carbocycles. The van der Waals surface area contributed by atoms with Crippen LogP contribution in [0.3, 0.4) is 0 Å². The highest BCUT2D eigenvalue weighted by atomic mass is 15.4. The Morgan fingerprint density at radius 3 is 1.96 bits per heavy atom. The highest BCUT2D eigenvalue weighted by Crippen LogP contribution is 2.12. The van der Waals surface area contributed by atoms with Crippen LogP contribution in [-0.2, 0) is 6.54 Å². The maximum absolute atomic E-state index is 3.22. The van der Waals surface area contributed by atoms with Crippen LogP contribution in [0.15, 0.2) is 54.6 Å². The number of nitrogens with zero attached hydrogens (tertiary/aromatic N) is 2. The number of rotatable bonds is 9. The average molecular weight is 312 g/mol. The number of hydrogen-bond acceptors (Lipinski definition) is 4. The van der Waals surface area contributed by atoms with E-state index in [1.807, 2.05) is 30.3 Å². The van der Waals surface area contributed by atoms with E-state index in [1.54, 1.807) is 0 Å². The fraction of sp³-hybridized carbons (Fsp3) is 0.368. The van der Waals surface area contributed by atoms with E-state index in [4.69, 9.17) is 0 Å². The first-order valence-corrected chi connectivity index (χ1v) is 8.13. The minimum atomic E-state index is 0.986. The van der Waals surface area contributed by atoms with Gasteiger partial charge in [-0.1, -0.05) is 30.3 Å². The van der Waals surface area contributed by atoms with E-state index in [0.29, 0.717) is 0 Å². The van der Waals surface area contributed by atoms with Crippen LogP contribution in [0.4, 0.5) is 11.4 Å². The lowest BCUT2D eigenvalue weighted by Crippen LogP contribution is -2.23. The molecule has 0 aromatic heterocycles. The van der Waals surface area contributed by atoms with E-state index in [-0.39, 0.29) is 0 Å². The second-order valence-electron chi connectivity index (χ2n) is 6.21. The minimum absolute atomic E-state index is 0.986. The Hall–Kier alpha value is -2.04. The smallest absolute Gasteiger partial charge is 0.0540 e. The van der Waals surface area contributed by atoms with Gasteiger partial charge in [0.25, 0.3) is 0 Å². The molecule has 124 valence electrons. The van der Waals surface area contributed by atoms with E-state index in [0.717, 1.165) is 31.0 Å². The largest absolute Gasteiger partial charge is 0.309 e. The van der Waals surface area contributed by atoms with Gasteiger partial charge < -0.3 is 20.7 Å². The van der Waals surface area contributed by atoms with E-state index < -0.39 is 0 Å². The van der Waals surface area contributed by atoms with Gasteiger partial charge in [-0.2, -0.15) is 0 Å². The normalized spacial score (nSPS) is 11.0. The molecular formula is C19H28N4. The average Bonchev–Trinajstić information content (AvgIpc) is 2.55. The van der Waals surface area contributed by atoms with Crippen molar-refractivity contribution in [1.82, 2.24) is 9.80 Å². The first-order valence-electron chi connectivity index (χ1n) is 8.13. The van der Waals surface area contributed by atoms with E-state index in [2.05, 4.69) is 66.1 Å². The molecule has 0 atom stereocenters. The Kier molecular flexibility index (Phi) is 6.91. The molecule has 0 unspecified atom stereocenters. The summed E-state index contributed by atoms with van der Waals surface area (Å²) in [6, 6.07) is 18.7. The number of hydrogen-bond donors (Lipinski definition) is 2. The van der Waals surface area contributed by atoms with Crippen molar-refractivity contribution in [2.45, 2.75) is 13.0 Å². The third-order valence-corrected chi connectivity index (χ3v) is 3.68. The van der Waals surface area contributed by atoms with Crippen LogP contribution < -0.4 is 10.9 Å². The maximum Gasteiger partial charge on any atom is 0.0540 e. The van der Waals surface area contributed by atoms with Crippen LogP contribution in [0, 0.1) is 0 Å². The number of anilines is 2. The summed E-state index contributed by atoms with van der Waals surface area (Å²) >= 11 is 0. The van der Waals surface area contributed by atoms with Crippen LogP contribution >= 0.6 is 0 Å². The monoisotopic (exact) mass is 312 g/mol. The predicted octanol–water partition coefficient (Wildman–Crippen LogP) is 3.51. The molecule has 0 aliphatic heterocycles. The minimum Gasteiger partial charge on any atom is -0.309 e. The second kappa shape index (κ2) is 9.18. The summed E-state index contributed by atoms with van der Waals surface area (Å²) in [5, 5.41) is 0. The molecule has 0 amide bonds. The quantitative estimate of drug-likeness (QED) is 0.694. The summed E-state index contributed by atoms with van der Waals surface area (Å²) in [6.07, 6.45) is 1.20. The first kappa shape index (κ1) is 17.3. The van der Waals surface area contributed by atoms with Crippen molar-refractivity contribution in [3.8, 4) is 0 Å². The number of para-hydroxylation sites is 1. The molecule has 0 bridgehead atoms. The van der Waals surface area contributed by atoms with Gasteiger partial charge in [0, 0.05) is 6.54 Å². The highest BCUT2D eigenvalue weighted by molar-refractivity contribution is 5.52. The molecule has 4 nitrogen and oxygen atoms in total. The zero-order valence-electron chi connectivity index (χ0n) is 14.4. The summed E-state index contributed by atoms with van der Waals surface area (Å²) in [6.45, 7) is 3.24.